The van der Waals surface area contributed by atoms with Crippen molar-refractivity contribution in [3.63, 3.8) is 0 Å². The maximum Gasteiger partial charge on any atom is 0.304 e. The lowest BCUT2D eigenvalue weighted by atomic mass is 10.2. The molecule has 0 atom stereocenters. The molecule has 1 N–H and O–H groups in total. The van der Waals surface area contributed by atoms with Crippen LogP contribution in [0.25, 0.3) is 0 Å². The van der Waals surface area contributed by atoms with E-state index in [0.29, 0.717) is 12.2 Å². The molecule has 0 radical (unpaired) electrons. The van der Waals surface area contributed by atoms with Crippen molar-refractivity contribution in [1.82, 2.24) is 5.32 Å². The second kappa shape index (κ2) is 7.73. The Bertz CT molecular complexity index is 399. The van der Waals surface area contributed by atoms with Gasteiger partial charge in [-0.25, -0.2) is 0 Å². The maximum atomic E-state index is 13.3. The summed E-state index contributed by atoms with van der Waals surface area (Å²) in [6.45, 7) is 4.54. The highest BCUT2D eigenvalue weighted by Gasteiger charge is 2.13. The van der Waals surface area contributed by atoms with Crippen molar-refractivity contribution < 1.29 is 14.1 Å². The summed E-state index contributed by atoms with van der Waals surface area (Å²) in [4.78, 5) is 9.68. The first-order valence-electron chi connectivity index (χ1n) is 5.86. The van der Waals surface area contributed by atoms with E-state index in [1.807, 2.05) is 0 Å². The summed E-state index contributed by atoms with van der Waals surface area (Å²) < 4.78 is 18.6. The van der Waals surface area contributed by atoms with E-state index < -0.39 is 16.4 Å². The van der Waals surface area contributed by atoms with Crippen LogP contribution in [0.2, 0.25) is 0 Å². The van der Waals surface area contributed by atoms with Crippen LogP contribution in [0.15, 0.2) is 18.2 Å². The summed E-state index contributed by atoms with van der Waals surface area (Å²) in [6, 6.07) is 3.79. The lowest BCUT2D eigenvalue weighted by molar-refractivity contribution is -0.387. The minimum atomic E-state index is -0.829. The van der Waals surface area contributed by atoms with Gasteiger partial charge in [0.25, 0.3) is 0 Å². The Morgan fingerprint density at radius 1 is 1.44 bits per heavy atom. The van der Waals surface area contributed by atoms with Crippen LogP contribution in [-0.4, -0.2) is 24.6 Å². The maximum absolute atomic E-state index is 13.3. The number of rotatable bonds is 8. The van der Waals surface area contributed by atoms with E-state index in [0.717, 1.165) is 31.6 Å². The number of ether oxygens (including phenoxy) is 1. The monoisotopic (exact) mass is 256 g/mol. The number of nitrogens with zero attached hydrogens (tertiary/aromatic N) is 1. The fourth-order valence-corrected chi connectivity index (χ4v) is 1.42. The van der Waals surface area contributed by atoms with Crippen LogP contribution in [0.3, 0.4) is 0 Å². The summed E-state index contributed by atoms with van der Waals surface area (Å²) in [5.41, 5.74) is 0.0805. The van der Waals surface area contributed by atoms with Crippen LogP contribution in [0.1, 0.15) is 18.9 Å². The molecule has 0 saturated carbocycles. The summed E-state index contributed by atoms with van der Waals surface area (Å²) >= 11 is 0. The van der Waals surface area contributed by atoms with E-state index >= 15 is 0 Å². The average Bonchev–Trinajstić information content (AvgIpc) is 2.33. The molecule has 1 aromatic carbocycles. The molecule has 0 bridgehead atoms. The van der Waals surface area contributed by atoms with E-state index in [4.69, 9.17) is 4.74 Å². The molecule has 0 amide bonds. The molecule has 0 aromatic heterocycles. The van der Waals surface area contributed by atoms with Crippen molar-refractivity contribution in [3.8, 4) is 0 Å². The number of hydrogen-bond donors (Lipinski definition) is 1. The Balaban J connectivity index is 2.35. The van der Waals surface area contributed by atoms with Crippen LogP contribution < -0.4 is 5.32 Å². The largest absolute Gasteiger partial charge is 0.375 e. The molecule has 0 spiro atoms. The number of nitro groups is 1. The summed E-state index contributed by atoms with van der Waals surface area (Å²) in [5.74, 6) is -0.829. The van der Waals surface area contributed by atoms with Crippen molar-refractivity contribution in [3.05, 3.63) is 39.7 Å². The number of benzene rings is 1. The molecule has 1 aromatic rings. The first-order valence-corrected chi connectivity index (χ1v) is 5.86. The van der Waals surface area contributed by atoms with E-state index in [1.54, 1.807) is 0 Å². The smallest absolute Gasteiger partial charge is 0.304 e. The predicted molar refractivity (Wildman–Crippen MR) is 65.9 cm³/mol. The first kappa shape index (κ1) is 14.5. The molecule has 0 aliphatic carbocycles. The molecule has 0 saturated heterocycles. The first-order chi connectivity index (χ1) is 8.65. The molecular weight excluding hydrogens is 239 g/mol. The van der Waals surface area contributed by atoms with Crippen molar-refractivity contribution in [2.24, 2.45) is 0 Å². The number of nitro benzene ring substituents is 1. The van der Waals surface area contributed by atoms with Crippen LogP contribution in [0.4, 0.5) is 10.1 Å². The third-order valence-corrected chi connectivity index (χ3v) is 2.33. The molecular formula is C12H17FN2O3. The molecule has 100 valence electrons. The minimum Gasteiger partial charge on any atom is -0.375 e. The van der Waals surface area contributed by atoms with Gasteiger partial charge in [-0.2, -0.15) is 4.39 Å². The van der Waals surface area contributed by atoms with E-state index in [-0.39, 0.29) is 6.61 Å². The fraction of sp³-hybridized carbons (Fsp3) is 0.500. The van der Waals surface area contributed by atoms with Gasteiger partial charge in [-0.1, -0.05) is 6.92 Å². The Morgan fingerprint density at radius 3 is 2.83 bits per heavy atom. The van der Waals surface area contributed by atoms with Gasteiger partial charge in [-0.15, -0.1) is 0 Å². The third-order valence-electron chi connectivity index (χ3n) is 2.33. The van der Waals surface area contributed by atoms with Crippen LogP contribution in [-0.2, 0) is 11.3 Å². The Labute approximate surface area is 105 Å². The van der Waals surface area contributed by atoms with Gasteiger partial charge >= 0.3 is 5.69 Å². The minimum absolute atomic E-state index is 0.253. The molecule has 1 rings (SSSR count). The predicted octanol–water partition coefficient (Wildman–Crippen LogP) is 2.25. The van der Waals surface area contributed by atoms with Gasteiger partial charge in [0.15, 0.2) is 0 Å². The fourth-order valence-electron chi connectivity index (χ4n) is 1.42. The molecule has 0 aliphatic heterocycles. The van der Waals surface area contributed by atoms with Crippen LogP contribution >= 0.6 is 0 Å². The quantitative estimate of drug-likeness (QED) is 0.440. The van der Waals surface area contributed by atoms with Gasteiger partial charge in [0.2, 0.25) is 5.82 Å². The van der Waals surface area contributed by atoms with Gasteiger partial charge in [-0.05, 0) is 30.7 Å². The van der Waals surface area contributed by atoms with Crippen LogP contribution in [0, 0.1) is 15.9 Å². The molecule has 5 nitrogen and oxygen atoms in total. The molecule has 6 heteroatoms. The van der Waals surface area contributed by atoms with Crippen molar-refractivity contribution in [1.29, 1.82) is 0 Å². The normalized spacial score (nSPS) is 10.6. The summed E-state index contributed by atoms with van der Waals surface area (Å²) in [5, 5.41) is 13.6. The zero-order valence-electron chi connectivity index (χ0n) is 10.3. The van der Waals surface area contributed by atoms with E-state index in [9.17, 15) is 14.5 Å². The van der Waals surface area contributed by atoms with E-state index in [2.05, 4.69) is 12.2 Å². The molecule has 0 unspecified atom stereocenters. The van der Waals surface area contributed by atoms with Crippen molar-refractivity contribution in [2.75, 3.05) is 19.7 Å². The topological polar surface area (TPSA) is 64.4 Å². The molecule has 0 aliphatic rings. The summed E-state index contributed by atoms with van der Waals surface area (Å²) in [7, 11) is 0. The van der Waals surface area contributed by atoms with Gasteiger partial charge in [0.05, 0.1) is 18.1 Å². The zero-order chi connectivity index (χ0) is 13.4. The average molecular weight is 256 g/mol. The highest BCUT2D eigenvalue weighted by Crippen LogP contribution is 2.18. The molecule has 18 heavy (non-hydrogen) atoms. The number of hydrogen-bond acceptors (Lipinski definition) is 4. The zero-order valence-corrected chi connectivity index (χ0v) is 10.3. The van der Waals surface area contributed by atoms with Gasteiger partial charge in [-0.3, -0.25) is 10.1 Å². The highest BCUT2D eigenvalue weighted by molar-refractivity contribution is 5.34. The Kier molecular flexibility index (Phi) is 6.24. The van der Waals surface area contributed by atoms with Gasteiger partial charge in [0, 0.05) is 12.6 Å². The molecule has 0 fully saturated rings. The van der Waals surface area contributed by atoms with Crippen molar-refractivity contribution >= 4 is 5.69 Å². The summed E-state index contributed by atoms with van der Waals surface area (Å²) in [6.07, 6.45) is 1.06. The van der Waals surface area contributed by atoms with Gasteiger partial charge in [0.1, 0.15) is 0 Å². The van der Waals surface area contributed by atoms with Crippen LogP contribution in [0.5, 0.6) is 0 Å². The lowest BCUT2D eigenvalue weighted by Crippen LogP contribution is -2.20. The Hall–Kier alpha value is -1.53. The molecule has 0 heterocycles. The Morgan fingerprint density at radius 2 is 2.22 bits per heavy atom. The SMILES string of the molecule is CCCNCCOCc1ccc([N+](=O)[O-])c(F)c1. The van der Waals surface area contributed by atoms with Crippen molar-refractivity contribution in [2.45, 2.75) is 20.0 Å². The second-order valence-electron chi connectivity index (χ2n) is 3.85. The third kappa shape index (κ3) is 4.77. The van der Waals surface area contributed by atoms with Gasteiger partial charge < -0.3 is 10.1 Å². The number of halogens is 1. The standard InChI is InChI=1S/C12H17FN2O3/c1-2-5-14-6-7-18-9-10-3-4-12(15(16)17)11(13)8-10/h3-4,8,14H,2,5-7,9H2,1H3. The lowest BCUT2D eigenvalue weighted by Gasteiger charge is -2.05. The second-order valence-corrected chi connectivity index (χ2v) is 3.85. The number of nitrogens with one attached hydrogen (secondary N) is 1. The highest BCUT2D eigenvalue weighted by atomic mass is 19.1. The van der Waals surface area contributed by atoms with E-state index in [1.165, 1.54) is 6.07 Å².